The third-order valence-corrected chi connectivity index (χ3v) is 6.36. The lowest BCUT2D eigenvalue weighted by Crippen LogP contribution is -2.30. The van der Waals surface area contributed by atoms with Gasteiger partial charge >= 0.3 is 0 Å². The average molecular weight is 367 g/mol. The molecule has 128 valence electrons. The van der Waals surface area contributed by atoms with Crippen LogP contribution in [-0.2, 0) is 16.6 Å². The summed E-state index contributed by atoms with van der Waals surface area (Å²) in [6.45, 7) is 1.92. The number of nitrogens with one attached hydrogen (secondary N) is 1. The van der Waals surface area contributed by atoms with E-state index in [1.54, 1.807) is 22.6 Å². The van der Waals surface area contributed by atoms with E-state index in [-0.39, 0.29) is 0 Å². The van der Waals surface area contributed by atoms with Crippen molar-refractivity contribution in [1.29, 1.82) is 0 Å². The van der Waals surface area contributed by atoms with Crippen LogP contribution >= 0.6 is 11.6 Å². The van der Waals surface area contributed by atoms with E-state index >= 15 is 0 Å². The van der Waals surface area contributed by atoms with Gasteiger partial charge in [0.05, 0.1) is 7.05 Å². The third kappa shape index (κ3) is 3.71. The first-order valence-corrected chi connectivity index (χ1v) is 9.76. The number of aromatic nitrogens is 1. The maximum absolute atomic E-state index is 12.5. The topological polar surface area (TPSA) is 54.8 Å². The molecular weight excluding hydrogens is 346 g/mol. The van der Waals surface area contributed by atoms with Gasteiger partial charge in [-0.05, 0) is 36.6 Å². The molecular formula is C17H21ClN3O2S+. The van der Waals surface area contributed by atoms with Gasteiger partial charge in [0.2, 0.25) is 10.0 Å². The summed E-state index contributed by atoms with van der Waals surface area (Å²) >= 11 is 5.90. The van der Waals surface area contributed by atoms with Crippen molar-refractivity contribution in [3.8, 4) is 0 Å². The lowest BCUT2D eigenvalue weighted by atomic mass is 10.2. The summed E-state index contributed by atoms with van der Waals surface area (Å²) in [6, 6.07) is 11.1. The first-order valence-electron chi connectivity index (χ1n) is 7.94. The molecule has 1 aliphatic heterocycles. The molecule has 2 heterocycles. The summed E-state index contributed by atoms with van der Waals surface area (Å²) in [5.74, 6) is 0.852. The number of sulfonamides is 1. The van der Waals surface area contributed by atoms with Crippen LogP contribution in [0.5, 0.6) is 0 Å². The molecule has 24 heavy (non-hydrogen) atoms. The number of aromatic amines is 1. The van der Waals surface area contributed by atoms with E-state index < -0.39 is 10.0 Å². The number of nitrogens with zero attached hydrogens (tertiary/aromatic N) is 2. The van der Waals surface area contributed by atoms with Crippen molar-refractivity contribution in [1.82, 2.24) is 4.31 Å². The van der Waals surface area contributed by atoms with Gasteiger partial charge < -0.3 is 0 Å². The van der Waals surface area contributed by atoms with Gasteiger partial charge in [0.1, 0.15) is 17.6 Å². The summed E-state index contributed by atoms with van der Waals surface area (Å²) < 4.78 is 26.6. The minimum Gasteiger partial charge on any atom is -0.260 e. The maximum Gasteiger partial charge on any atom is 0.274 e. The fourth-order valence-electron chi connectivity index (χ4n) is 2.83. The minimum atomic E-state index is -3.38. The summed E-state index contributed by atoms with van der Waals surface area (Å²) in [6.07, 6.45) is 3.44. The van der Waals surface area contributed by atoms with Crippen molar-refractivity contribution in [2.45, 2.75) is 24.3 Å². The average Bonchev–Trinajstić information content (AvgIpc) is 3.12. The molecule has 1 N–H and O–H groups in total. The quantitative estimate of drug-likeness (QED) is 0.817. The number of H-pyrrole nitrogens is 1. The molecule has 0 amide bonds. The van der Waals surface area contributed by atoms with Crippen LogP contribution in [0.25, 0.3) is 0 Å². The van der Waals surface area contributed by atoms with Gasteiger partial charge in [-0.1, -0.05) is 23.7 Å². The van der Waals surface area contributed by atoms with E-state index in [4.69, 9.17) is 11.6 Å². The molecule has 1 fully saturated rings. The zero-order valence-corrected chi connectivity index (χ0v) is 15.1. The second-order valence-corrected chi connectivity index (χ2v) is 8.38. The van der Waals surface area contributed by atoms with E-state index in [1.807, 2.05) is 36.2 Å². The highest BCUT2D eigenvalue weighted by atomic mass is 35.5. The SMILES string of the molecule is CN(Cc1ccc(Cl)cc1)c1ccc(S(=O)(=O)N2CCCC2)c[nH+]1. The zero-order valence-electron chi connectivity index (χ0n) is 13.6. The van der Waals surface area contributed by atoms with Crippen LogP contribution in [0.1, 0.15) is 18.4 Å². The lowest BCUT2D eigenvalue weighted by Gasteiger charge is -2.15. The Bertz CT molecular complexity index is 786. The number of halogens is 1. The molecule has 0 spiro atoms. The van der Waals surface area contributed by atoms with Crippen LogP contribution in [0.2, 0.25) is 5.02 Å². The summed E-state index contributed by atoms with van der Waals surface area (Å²) in [5.41, 5.74) is 1.13. The van der Waals surface area contributed by atoms with E-state index in [1.165, 1.54) is 0 Å². The number of hydrogen-bond donors (Lipinski definition) is 0. The monoisotopic (exact) mass is 366 g/mol. The molecule has 3 rings (SSSR count). The van der Waals surface area contributed by atoms with Crippen LogP contribution in [0, 0.1) is 0 Å². The van der Waals surface area contributed by atoms with Crippen LogP contribution < -0.4 is 9.88 Å². The zero-order chi connectivity index (χ0) is 17.2. The Morgan fingerprint density at radius 2 is 1.79 bits per heavy atom. The molecule has 0 saturated carbocycles. The van der Waals surface area contributed by atoms with E-state index in [0.29, 0.717) is 29.6 Å². The second-order valence-electron chi connectivity index (χ2n) is 6.00. The molecule has 5 nitrogen and oxygen atoms in total. The highest BCUT2D eigenvalue weighted by Crippen LogP contribution is 2.21. The van der Waals surface area contributed by atoms with Crippen molar-refractivity contribution in [3.63, 3.8) is 0 Å². The number of hydrogen-bond acceptors (Lipinski definition) is 3. The highest BCUT2D eigenvalue weighted by molar-refractivity contribution is 7.89. The molecule has 1 aromatic heterocycles. The number of anilines is 1. The Balaban J connectivity index is 1.72. The van der Waals surface area contributed by atoms with Gasteiger partial charge in [0.25, 0.3) is 5.82 Å². The number of pyridine rings is 1. The summed E-state index contributed by atoms with van der Waals surface area (Å²) in [5, 5.41) is 0.712. The van der Waals surface area contributed by atoms with E-state index in [2.05, 4.69) is 4.98 Å². The molecule has 2 aromatic rings. The molecule has 7 heteroatoms. The number of rotatable bonds is 5. The van der Waals surface area contributed by atoms with Crippen molar-refractivity contribution >= 4 is 27.4 Å². The highest BCUT2D eigenvalue weighted by Gasteiger charge is 2.28. The summed E-state index contributed by atoms with van der Waals surface area (Å²) in [7, 11) is -1.42. The van der Waals surface area contributed by atoms with Crippen molar-refractivity contribution in [2.24, 2.45) is 0 Å². The standard InChI is InChI=1S/C17H20ClN3O2S/c1-20(13-14-4-6-15(18)7-5-14)17-9-8-16(12-19-17)24(22,23)21-10-2-3-11-21/h4-9,12H,2-3,10-11,13H2,1H3/p+1. The fourth-order valence-corrected chi connectivity index (χ4v) is 4.44. The Kier molecular flexibility index (Phi) is 5.08. The molecule has 0 unspecified atom stereocenters. The largest absolute Gasteiger partial charge is 0.274 e. The Morgan fingerprint density at radius 1 is 1.12 bits per heavy atom. The lowest BCUT2D eigenvalue weighted by molar-refractivity contribution is -0.367. The fraction of sp³-hybridized carbons (Fsp3) is 0.353. The first kappa shape index (κ1) is 17.2. The predicted octanol–water partition coefficient (Wildman–Crippen LogP) is 2.58. The van der Waals surface area contributed by atoms with E-state index in [0.717, 1.165) is 24.2 Å². The molecule has 0 bridgehead atoms. The Hall–Kier alpha value is -1.63. The molecule has 1 saturated heterocycles. The molecule has 1 aliphatic rings. The van der Waals surface area contributed by atoms with Crippen molar-refractivity contribution < 1.29 is 13.4 Å². The Morgan fingerprint density at radius 3 is 2.38 bits per heavy atom. The van der Waals surface area contributed by atoms with Gasteiger partial charge in [0, 0.05) is 24.2 Å². The molecule has 0 atom stereocenters. The van der Waals surface area contributed by atoms with Gasteiger partial charge in [0.15, 0.2) is 0 Å². The van der Waals surface area contributed by atoms with Crippen LogP contribution in [0.3, 0.4) is 0 Å². The van der Waals surface area contributed by atoms with Gasteiger partial charge in [-0.25, -0.2) is 13.4 Å². The van der Waals surface area contributed by atoms with Gasteiger partial charge in [-0.3, -0.25) is 4.90 Å². The third-order valence-electron chi connectivity index (χ3n) is 4.21. The first-order chi connectivity index (χ1) is 11.5. The van der Waals surface area contributed by atoms with Gasteiger partial charge in [-0.2, -0.15) is 4.31 Å². The van der Waals surface area contributed by atoms with Crippen LogP contribution in [0.4, 0.5) is 5.82 Å². The molecule has 0 aliphatic carbocycles. The van der Waals surface area contributed by atoms with Crippen molar-refractivity contribution in [2.75, 3.05) is 25.0 Å². The maximum atomic E-state index is 12.5. The normalized spacial score (nSPS) is 15.6. The van der Waals surface area contributed by atoms with Crippen LogP contribution in [0.15, 0.2) is 47.5 Å². The summed E-state index contributed by atoms with van der Waals surface area (Å²) in [4.78, 5) is 5.43. The smallest absolute Gasteiger partial charge is 0.260 e. The number of benzene rings is 1. The Labute approximate surface area is 147 Å². The molecule has 1 aromatic carbocycles. The van der Waals surface area contributed by atoms with Crippen LogP contribution in [-0.4, -0.2) is 32.9 Å². The van der Waals surface area contributed by atoms with Crippen molar-refractivity contribution in [3.05, 3.63) is 53.2 Å². The van der Waals surface area contributed by atoms with Gasteiger partial charge in [-0.15, -0.1) is 0 Å². The predicted molar refractivity (Wildman–Crippen MR) is 94.5 cm³/mol. The minimum absolute atomic E-state index is 0.313. The van der Waals surface area contributed by atoms with E-state index in [9.17, 15) is 8.42 Å². The molecule has 0 radical (unpaired) electrons. The second kappa shape index (κ2) is 7.09.